The molecule has 0 radical (unpaired) electrons. The Morgan fingerprint density at radius 1 is 1.12 bits per heavy atom. The van der Waals surface area contributed by atoms with E-state index in [9.17, 15) is 12.8 Å². The minimum atomic E-state index is -3.67. The molecule has 2 rings (SSSR count). The van der Waals surface area contributed by atoms with Gasteiger partial charge in [0.15, 0.2) is 5.11 Å². The fourth-order valence-corrected chi connectivity index (χ4v) is 3.06. The number of rotatable bonds is 6. The summed E-state index contributed by atoms with van der Waals surface area (Å²) in [4.78, 5) is 0.134. The number of sulfonamides is 1. The second-order valence-corrected chi connectivity index (χ2v) is 7.54. The lowest BCUT2D eigenvalue weighted by Gasteiger charge is -2.08. The van der Waals surface area contributed by atoms with Crippen molar-refractivity contribution in [1.29, 1.82) is 0 Å². The SMILES string of the molecule is CNC(=S)N/N=C(/C)c1ccc(S(=O)(=O)NCc2ccc(F)cc2)cc1. The van der Waals surface area contributed by atoms with Crippen molar-refractivity contribution >= 4 is 33.1 Å². The third-order valence-corrected chi connectivity index (χ3v) is 5.23. The minimum absolute atomic E-state index is 0.0796. The molecular weight excluding hydrogens is 375 g/mol. The van der Waals surface area contributed by atoms with Gasteiger partial charge in [-0.1, -0.05) is 24.3 Å². The quantitative estimate of drug-likeness (QED) is 0.397. The van der Waals surface area contributed by atoms with Crippen molar-refractivity contribution in [2.45, 2.75) is 18.4 Å². The molecule has 6 nitrogen and oxygen atoms in total. The maximum atomic E-state index is 12.9. The zero-order valence-electron chi connectivity index (χ0n) is 14.3. The van der Waals surface area contributed by atoms with Crippen molar-refractivity contribution in [3.63, 3.8) is 0 Å². The second kappa shape index (κ2) is 8.84. The molecule has 0 unspecified atom stereocenters. The van der Waals surface area contributed by atoms with Gasteiger partial charge in [-0.05, 0) is 54.5 Å². The maximum absolute atomic E-state index is 12.9. The van der Waals surface area contributed by atoms with Gasteiger partial charge in [0.25, 0.3) is 0 Å². The second-order valence-electron chi connectivity index (χ2n) is 5.36. The first kappa shape index (κ1) is 20.0. The molecule has 0 spiro atoms. The summed E-state index contributed by atoms with van der Waals surface area (Å²) in [5, 5.41) is 7.23. The molecule has 138 valence electrons. The predicted molar refractivity (Wildman–Crippen MR) is 104 cm³/mol. The van der Waals surface area contributed by atoms with E-state index in [0.29, 0.717) is 16.4 Å². The first-order valence-corrected chi connectivity index (χ1v) is 9.57. The van der Waals surface area contributed by atoms with Gasteiger partial charge in [0.2, 0.25) is 10.0 Å². The Hall–Kier alpha value is -2.36. The van der Waals surface area contributed by atoms with Crippen LogP contribution in [-0.4, -0.2) is 26.3 Å². The molecule has 0 fully saturated rings. The summed E-state index contributed by atoms with van der Waals surface area (Å²) in [7, 11) is -1.99. The summed E-state index contributed by atoms with van der Waals surface area (Å²) in [5.41, 5.74) is 4.75. The van der Waals surface area contributed by atoms with E-state index in [1.165, 1.54) is 36.4 Å². The van der Waals surface area contributed by atoms with Crippen LogP contribution in [0.1, 0.15) is 18.1 Å². The monoisotopic (exact) mass is 394 g/mol. The van der Waals surface area contributed by atoms with Crippen LogP contribution >= 0.6 is 12.2 Å². The van der Waals surface area contributed by atoms with E-state index in [1.54, 1.807) is 26.1 Å². The number of thiocarbonyl (C=S) groups is 1. The Bertz CT molecular complexity index is 895. The average Bonchev–Trinajstić information content (AvgIpc) is 2.65. The molecule has 0 saturated carbocycles. The highest BCUT2D eigenvalue weighted by Crippen LogP contribution is 2.12. The summed E-state index contributed by atoms with van der Waals surface area (Å²) in [6.07, 6.45) is 0. The third-order valence-electron chi connectivity index (χ3n) is 3.51. The van der Waals surface area contributed by atoms with Crippen molar-refractivity contribution in [3.05, 3.63) is 65.5 Å². The van der Waals surface area contributed by atoms with Crippen LogP contribution in [-0.2, 0) is 16.6 Å². The lowest BCUT2D eigenvalue weighted by atomic mass is 10.1. The number of hydrazone groups is 1. The fourth-order valence-electron chi connectivity index (χ4n) is 1.99. The van der Waals surface area contributed by atoms with Crippen molar-refractivity contribution in [3.8, 4) is 0 Å². The molecule has 0 bridgehead atoms. The van der Waals surface area contributed by atoms with Crippen LogP contribution < -0.4 is 15.5 Å². The molecule has 2 aromatic carbocycles. The zero-order valence-corrected chi connectivity index (χ0v) is 15.9. The summed E-state index contributed by atoms with van der Waals surface area (Å²) in [6.45, 7) is 1.86. The van der Waals surface area contributed by atoms with Gasteiger partial charge in [0.05, 0.1) is 10.6 Å². The van der Waals surface area contributed by atoms with Gasteiger partial charge in [0.1, 0.15) is 5.82 Å². The van der Waals surface area contributed by atoms with E-state index in [0.717, 1.165) is 5.56 Å². The van der Waals surface area contributed by atoms with Crippen LogP contribution in [0.5, 0.6) is 0 Å². The Kier molecular flexibility index (Phi) is 6.78. The molecule has 0 saturated heterocycles. The number of hydrogen-bond acceptors (Lipinski definition) is 4. The number of nitrogens with one attached hydrogen (secondary N) is 3. The van der Waals surface area contributed by atoms with Gasteiger partial charge in [-0.2, -0.15) is 5.10 Å². The van der Waals surface area contributed by atoms with Gasteiger partial charge in [-0.15, -0.1) is 0 Å². The van der Waals surface area contributed by atoms with E-state index in [-0.39, 0.29) is 17.3 Å². The lowest BCUT2D eigenvalue weighted by Crippen LogP contribution is -2.29. The average molecular weight is 394 g/mol. The standard InChI is InChI=1S/C17H19FN4O2S2/c1-12(21-22-17(25)19-2)14-5-9-16(10-6-14)26(23,24)20-11-13-3-7-15(18)8-4-13/h3-10,20H,11H2,1-2H3,(H2,19,22,25)/b21-12-. The van der Waals surface area contributed by atoms with E-state index < -0.39 is 10.0 Å². The summed E-state index contributed by atoms with van der Waals surface area (Å²) in [6, 6.07) is 12.0. The zero-order chi connectivity index (χ0) is 19.2. The van der Waals surface area contributed by atoms with Gasteiger partial charge in [-0.3, -0.25) is 5.43 Å². The molecule has 0 amide bonds. The molecule has 0 aliphatic rings. The van der Waals surface area contributed by atoms with Crippen LogP contribution in [0.15, 0.2) is 58.5 Å². The van der Waals surface area contributed by atoms with E-state index in [2.05, 4.69) is 20.6 Å². The lowest BCUT2D eigenvalue weighted by molar-refractivity contribution is 0.581. The highest BCUT2D eigenvalue weighted by Gasteiger charge is 2.14. The molecule has 0 heterocycles. The van der Waals surface area contributed by atoms with Gasteiger partial charge in [0, 0.05) is 13.6 Å². The van der Waals surface area contributed by atoms with Gasteiger partial charge < -0.3 is 5.32 Å². The largest absolute Gasteiger partial charge is 0.364 e. The van der Waals surface area contributed by atoms with Crippen molar-refractivity contribution in [1.82, 2.24) is 15.5 Å². The normalized spacial score (nSPS) is 11.9. The minimum Gasteiger partial charge on any atom is -0.364 e. The van der Waals surface area contributed by atoms with Crippen LogP contribution in [0.4, 0.5) is 4.39 Å². The van der Waals surface area contributed by atoms with Crippen LogP contribution in [0.3, 0.4) is 0 Å². The smallest absolute Gasteiger partial charge is 0.240 e. The Balaban J connectivity index is 2.05. The molecule has 26 heavy (non-hydrogen) atoms. The highest BCUT2D eigenvalue weighted by molar-refractivity contribution is 7.89. The summed E-state index contributed by atoms with van der Waals surface area (Å²) >= 11 is 4.93. The molecule has 0 atom stereocenters. The molecule has 9 heteroatoms. The predicted octanol–water partition coefficient (Wildman–Crippen LogP) is 2.12. The molecule has 0 aliphatic carbocycles. The van der Waals surface area contributed by atoms with Crippen molar-refractivity contribution < 1.29 is 12.8 Å². The fraction of sp³-hybridized carbons (Fsp3) is 0.176. The molecule has 2 aromatic rings. The topological polar surface area (TPSA) is 82.6 Å². The Morgan fingerprint density at radius 2 is 1.73 bits per heavy atom. The number of halogens is 1. The van der Waals surface area contributed by atoms with E-state index in [1.807, 2.05) is 0 Å². The van der Waals surface area contributed by atoms with Crippen molar-refractivity contribution in [2.24, 2.45) is 5.10 Å². The molecule has 0 aliphatic heterocycles. The number of hydrogen-bond donors (Lipinski definition) is 3. The number of nitrogens with zero attached hydrogens (tertiary/aromatic N) is 1. The molecular formula is C17H19FN4O2S2. The van der Waals surface area contributed by atoms with E-state index >= 15 is 0 Å². The van der Waals surface area contributed by atoms with Gasteiger partial charge >= 0.3 is 0 Å². The molecule has 0 aromatic heterocycles. The third kappa shape index (κ3) is 5.58. The highest BCUT2D eigenvalue weighted by atomic mass is 32.2. The van der Waals surface area contributed by atoms with Crippen LogP contribution in [0.2, 0.25) is 0 Å². The van der Waals surface area contributed by atoms with Crippen LogP contribution in [0.25, 0.3) is 0 Å². The Labute approximate surface area is 157 Å². The van der Waals surface area contributed by atoms with Gasteiger partial charge in [-0.25, -0.2) is 17.5 Å². The summed E-state index contributed by atoms with van der Waals surface area (Å²) < 4.78 is 40.1. The molecule has 3 N–H and O–H groups in total. The number of benzene rings is 2. The summed E-state index contributed by atoms with van der Waals surface area (Å²) in [5.74, 6) is -0.366. The maximum Gasteiger partial charge on any atom is 0.240 e. The first-order chi connectivity index (χ1) is 12.3. The van der Waals surface area contributed by atoms with Crippen LogP contribution in [0, 0.1) is 5.82 Å². The van der Waals surface area contributed by atoms with E-state index in [4.69, 9.17) is 12.2 Å². The van der Waals surface area contributed by atoms with Crippen molar-refractivity contribution in [2.75, 3.05) is 7.05 Å². The Morgan fingerprint density at radius 3 is 2.31 bits per heavy atom. The first-order valence-electron chi connectivity index (χ1n) is 7.68.